The highest BCUT2D eigenvalue weighted by atomic mass is 35.7. The maximum absolute atomic E-state index is 11.8. The lowest BCUT2D eigenvalue weighted by molar-refractivity contribution is 0.0325. The summed E-state index contributed by atoms with van der Waals surface area (Å²) in [6, 6.07) is 0. The predicted octanol–water partition coefficient (Wildman–Crippen LogP) is 1.48. The molecule has 0 unspecified atom stereocenters. The van der Waals surface area contributed by atoms with Crippen molar-refractivity contribution in [2.45, 2.75) is 31.6 Å². The molecule has 0 saturated carbocycles. The van der Waals surface area contributed by atoms with Crippen LogP contribution in [0.5, 0.6) is 0 Å². The zero-order chi connectivity index (χ0) is 15.2. The standard InChI is InChI=1S/C11H17ClN2O5S/c1-3-5-8-10(20(12,16)17)9(14-13-8)11(15)19-7-6-18-4-2/h3-7H2,1-2H3,(H,13,14). The number of esters is 1. The molecule has 0 amide bonds. The maximum atomic E-state index is 11.8. The van der Waals surface area contributed by atoms with E-state index in [1.54, 1.807) is 0 Å². The van der Waals surface area contributed by atoms with Crippen molar-refractivity contribution in [2.24, 2.45) is 0 Å². The van der Waals surface area contributed by atoms with Crippen LogP contribution >= 0.6 is 10.7 Å². The zero-order valence-electron chi connectivity index (χ0n) is 11.3. The molecule has 20 heavy (non-hydrogen) atoms. The van der Waals surface area contributed by atoms with E-state index in [2.05, 4.69) is 10.2 Å². The number of hydrogen-bond acceptors (Lipinski definition) is 6. The third kappa shape index (κ3) is 4.46. The highest BCUT2D eigenvalue weighted by Gasteiger charge is 2.29. The Hall–Kier alpha value is -1.12. The molecule has 1 aromatic rings. The minimum Gasteiger partial charge on any atom is -0.458 e. The van der Waals surface area contributed by atoms with Gasteiger partial charge in [-0.3, -0.25) is 5.10 Å². The average Bonchev–Trinajstić information content (AvgIpc) is 2.78. The van der Waals surface area contributed by atoms with E-state index in [0.717, 1.165) is 0 Å². The molecule has 1 heterocycles. The van der Waals surface area contributed by atoms with E-state index in [1.807, 2.05) is 13.8 Å². The topological polar surface area (TPSA) is 98.3 Å². The third-order valence-corrected chi connectivity index (χ3v) is 3.78. The number of aromatic nitrogens is 2. The zero-order valence-corrected chi connectivity index (χ0v) is 12.9. The number of nitrogens with one attached hydrogen (secondary N) is 1. The Morgan fingerprint density at radius 1 is 1.35 bits per heavy atom. The number of carbonyl (C=O) groups is 1. The molecule has 0 atom stereocenters. The summed E-state index contributed by atoms with van der Waals surface area (Å²) in [5, 5.41) is 6.21. The first kappa shape index (κ1) is 16.9. The van der Waals surface area contributed by atoms with E-state index in [1.165, 1.54) is 0 Å². The van der Waals surface area contributed by atoms with Crippen LogP contribution in [0, 0.1) is 0 Å². The second-order valence-corrected chi connectivity index (χ2v) is 6.40. The Morgan fingerprint density at radius 3 is 2.60 bits per heavy atom. The summed E-state index contributed by atoms with van der Waals surface area (Å²) in [6.07, 6.45) is 1.10. The van der Waals surface area contributed by atoms with Crippen molar-refractivity contribution in [3.05, 3.63) is 11.4 Å². The lowest BCUT2D eigenvalue weighted by Gasteiger charge is -2.04. The van der Waals surface area contributed by atoms with E-state index < -0.39 is 15.0 Å². The number of aromatic amines is 1. The SMILES string of the molecule is CCCc1[nH]nc(C(=O)OCCOCC)c1S(=O)(=O)Cl. The van der Waals surface area contributed by atoms with Gasteiger partial charge in [0, 0.05) is 17.3 Å². The minimum atomic E-state index is -4.08. The smallest absolute Gasteiger partial charge is 0.360 e. The summed E-state index contributed by atoms with van der Waals surface area (Å²) in [7, 11) is 1.28. The first-order valence-corrected chi connectivity index (χ1v) is 8.49. The van der Waals surface area contributed by atoms with Gasteiger partial charge >= 0.3 is 5.97 Å². The number of nitrogens with zero attached hydrogens (tertiary/aromatic N) is 1. The molecule has 0 aliphatic rings. The van der Waals surface area contributed by atoms with Crippen LogP contribution in [0.25, 0.3) is 0 Å². The van der Waals surface area contributed by atoms with Gasteiger partial charge in [-0.15, -0.1) is 0 Å². The number of aryl methyl sites for hydroxylation is 1. The molecule has 0 aromatic carbocycles. The van der Waals surface area contributed by atoms with Gasteiger partial charge in [0.25, 0.3) is 9.05 Å². The van der Waals surface area contributed by atoms with Crippen molar-refractivity contribution < 1.29 is 22.7 Å². The predicted molar refractivity (Wildman–Crippen MR) is 72.4 cm³/mol. The summed E-state index contributed by atoms with van der Waals surface area (Å²) >= 11 is 0. The highest BCUT2D eigenvalue weighted by Crippen LogP contribution is 2.24. The fourth-order valence-electron chi connectivity index (χ4n) is 1.59. The minimum absolute atomic E-state index is 0.0183. The summed E-state index contributed by atoms with van der Waals surface area (Å²) < 4.78 is 33.0. The quantitative estimate of drug-likeness (QED) is 0.442. The second kappa shape index (κ2) is 7.61. The van der Waals surface area contributed by atoms with Crippen LogP contribution < -0.4 is 0 Å². The highest BCUT2D eigenvalue weighted by molar-refractivity contribution is 8.13. The van der Waals surface area contributed by atoms with E-state index in [-0.39, 0.29) is 23.8 Å². The Balaban J connectivity index is 2.92. The molecule has 1 rings (SSSR count). The third-order valence-electron chi connectivity index (χ3n) is 2.39. The van der Waals surface area contributed by atoms with Crippen LogP contribution in [0.4, 0.5) is 0 Å². The molecule has 0 aliphatic carbocycles. The number of hydrogen-bond donors (Lipinski definition) is 1. The Kier molecular flexibility index (Phi) is 6.44. The lowest BCUT2D eigenvalue weighted by Crippen LogP contribution is -2.13. The molecule has 1 aromatic heterocycles. The lowest BCUT2D eigenvalue weighted by atomic mass is 10.2. The first-order chi connectivity index (χ1) is 9.41. The molecule has 0 bridgehead atoms. The van der Waals surface area contributed by atoms with E-state index >= 15 is 0 Å². The van der Waals surface area contributed by atoms with Gasteiger partial charge in [0.15, 0.2) is 5.69 Å². The molecule has 1 N–H and O–H groups in total. The van der Waals surface area contributed by atoms with Gasteiger partial charge < -0.3 is 9.47 Å². The van der Waals surface area contributed by atoms with Crippen molar-refractivity contribution in [3.8, 4) is 0 Å². The Labute approximate surface area is 122 Å². The van der Waals surface area contributed by atoms with Gasteiger partial charge in [0.1, 0.15) is 11.5 Å². The van der Waals surface area contributed by atoms with Crippen LogP contribution in [0.2, 0.25) is 0 Å². The van der Waals surface area contributed by atoms with Crippen molar-refractivity contribution in [3.63, 3.8) is 0 Å². The number of carbonyl (C=O) groups excluding carboxylic acids is 1. The van der Waals surface area contributed by atoms with Gasteiger partial charge in [-0.1, -0.05) is 13.3 Å². The number of ether oxygens (including phenoxy) is 2. The van der Waals surface area contributed by atoms with Gasteiger partial charge in [-0.25, -0.2) is 13.2 Å². The summed E-state index contributed by atoms with van der Waals surface area (Å²) in [6.45, 7) is 4.43. The monoisotopic (exact) mass is 324 g/mol. The normalized spacial score (nSPS) is 11.6. The van der Waals surface area contributed by atoms with E-state index in [4.69, 9.17) is 20.2 Å². The largest absolute Gasteiger partial charge is 0.458 e. The Bertz CT molecular complexity index is 555. The molecule has 114 valence electrons. The summed E-state index contributed by atoms with van der Waals surface area (Å²) in [4.78, 5) is 11.5. The van der Waals surface area contributed by atoms with Crippen molar-refractivity contribution in [1.82, 2.24) is 10.2 Å². The molecule has 7 nitrogen and oxygen atoms in total. The Morgan fingerprint density at radius 2 is 2.05 bits per heavy atom. The van der Waals surface area contributed by atoms with Gasteiger partial charge in [0.05, 0.1) is 12.3 Å². The van der Waals surface area contributed by atoms with Crippen LogP contribution in [0.15, 0.2) is 4.90 Å². The molecule has 9 heteroatoms. The fraction of sp³-hybridized carbons (Fsp3) is 0.636. The molecule has 0 radical (unpaired) electrons. The molecule has 0 spiro atoms. The second-order valence-electron chi connectivity index (χ2n) is 3.90. The first-order valence-electron chi connectivity index (χ1n) is 6.18. The fourth-order valence-corrected chi connectivity index (χ4v) is 2.89. The summed E-state index contributed by atoms with van der Waals surface area (Å²) in [5.41, 5.74) is -0.0146. The molecular weight excluding hydrogens is 308 g/mol. The number of rotatable bonds is 8. The summed E-state index contributed by atoms with van der Waals surface area (Å²) in [5.74, 6) is -0.845. The van der Waals surface area contributed by atoms with Crippen LogP contribution in [-0.2, 0) is 24.9 Å². The maximum Gasteiger partial charge on any atom is 0.360 e. The number of H-pyrrole nitrogens is 1. The molecular formula is C11H17ClN2O5S. The van der Waals surface area contributed by atoms with Crippen molar-refractivity contribution in [1.29, 1.82) is 0 Å². The number of halogens is 1. The van der Waals surface area contributed by atoms with Crippen LogP contribution in [-0.4, -0.2) is 44.4 Å². The van der Waals surface area contributed by atoms with Crippen molar-refractivity contribution in [2.75, 3.05) is 19.8 Å². The molecule has 0 aliphatic heterocycles. The molecule has 0 saturated heterocycles. The molecule has 0 fully saturated rings. The van der Waals surface area contributed by atoms with Crippen LogP contribution in [0.3, 0.4) is 0 Å². The van der Waals surface area contributed by atoms with Crippen molar-refractivity contribution >= 4 is 25.7 Å². The van der Waals surface area contributed by atoms with Gasteiger partial charge in [0.2, 0.25) is 0 Å². The van der Waals surface area contributed by atoms with Crippen LogP contribution in [0.1, 0.15) is 36.5 Å². The average molecular weight is 325 g/mol. The van der Waals surface area contributed by atoms with E-state index in [9.17, 15) is 13.2 Å². The van der Waals surface area contributed by atoms with Gasteiger partial charge in [-0.05, 0) is 13.3 Å². The van der Waals surface area contributed by atoms with Gasteiger partial charge in [-0.2, -0.15) is 5.10 Å². The van der Waals surface area contributed by atoms with E-state index in [0.29, 0.717) is 25.1 Å².